The summed E-state index contributed by atoms with van der Waals surface area (Å²) in [4.78, 5) is 21.6. The second kappa shape index (κ2) is 12.8. The molecule has 1 unspecified atom stereocenters. The quantitative estimate of drug-likeness (QED) is 0.243. The van der Waals surface area contributed by atoms with Gasteiger partial charge in [0, 0.05) is 54.2 Å². The lowest BCUT2D eigenvalue weighted by molar-refractivity contribution is -0.00948. The van der Waals surface area contributed by atoms with Crippen molar-refractivity contribution in [2.75, 3.05) is 36.4 Å². The lowest BCUT2D eigenvalue weighted by Crippen LogP contribution is -2.50. The molecular weight excluding hydrogens is 624 g/mol. The largest absolute Gasteiger partial charge is 0.381 e. The predicted molar refractivity (Wildman–Crippen MR) is 170 cm³/mol. The van der Waals surface area contributed by atoms with E-state index < -0.39 is 29.5 Å². The fourth-order valence-electron chi connectivity index (χ4n) is 5.27. The van der Waals surface area contributed by atoms with Crippen LogP contribution in [0.4, 0.5) is 20.2 Å². The summed E-state index contributed by atoms with van der Waals surface area (Å²) >= 11 is 11.6. The van der Waals surface area contributed by atoms with E-state index in [1.807, 2.05) is 48.5 Å². The maximum absolute atomic E-state index is 14.8. The molecule has 45 heavy (non-hydrogen) atoms. The zero-order chi connectivity index (χ0) is 31.6. The van der Waals surface area contributed by atoms with Crippen LogP contribution in [0.2, 0.25) is 5.02 Å². The van der Waals surface area contributed by atoms with E-state index in [0.717, 1.165) is 54.4 Å². The number of aliphatic hydroxyl groups is 1. The van der Waals surface area contributed by atoms with Crippen molar-refractivity contribution < 1.29 is 13.9 Å². The van der Waals surface area contributed by atoms with Crippen LogP contribution < -0.4 is 15.9 Å². The van der Waals surface area contributed by atoms with E-state index in [1.165, 1.54) is 28.2 Å². The van der Waals surface area contributed by atoms with Crippen molar-refractivity contribution in [2.24, 2.45) is 0 Å². The van der Waals surface area contributed by atoms with Crippen LogP contribution >= 0.6 is 23.8 Å². The fraction of sp³-hybridized carbons (Fsp3) is 0.233. The molecular formula is C30H28ClF2N9O2S. The molecule has 15 heteroatoms. The van der Waals surface area contributed by atoms with Gasteiger partial charge in [0.2, 0.25) is 0 Å². The van der Waals surface area contributed by atoms with E-state index in [9.17, 15) is 18.7 Å². The van der Waals surface area contributed by atoms with Crippen molar-refractivity contribution in [3.8, 4) is 5.69 Å². The van der Waals surface area contributed by atoms with Crippen LogP contribution in [0.15, 0.2) is 90.5 Å². The molecule has 0 aliphatic carbocycles. The maximum Gasteiger partial charge on any atom is 0.350 e. The van der Waals surface area contributed by atoms with Gasteiger partial charge in [0.05, 0.1) is 18.8 Å². The number of aromatic nitrogens is 6. The van der Waals surface area contributed by atoms with Crippen molar-refractivity contribution in [1.82, 2.24) is 34.0 Å². The first-order valence-electron chi connectivity index (χ1n) is 14.0. The Hall–Kier alpha value is -4.66. The topological polar surface area (TPSA) is 109 Å². The Morgan fingerprint density at radius 2 is 1.64 bits per heavy atom. The number of halogens is 3. The van der Waals surface area contributed by atoms with Crippen LogP contribution in [-0.4, -0.2) is 70.4 Å². The number of rotatable bonds is 8. The van der Waals surface area contributed by atoms with Gasteiger partial charge in [-0.2, -0.15) is 10.2 Å². The second-order valence-electron chi connectivity index (χ2n) is 10.6. The third-order valence-corrected chi connectivity index (χ3v) is 8.23. The molecule has 2 N–H and O–H groups in total. The Morgan fingerprint density at radius 1 is 0.933 bits per heavy atom. The molecule has 1 aliphatic heterocycles. The lowest BCUT2D eigenvalue weighted by atomic mass is 9.93. The van der Waals surface area contributed by atoms with Gasteiger partial charge in [-0.3, -0.25) is 0 Å². The van der Waals surface area contributed by atoms with E-state index in [2.05, 4.69) is 30.3 Å². The highest BCUT2D eigenvalue weighted by Crippen LogP contribution is 2.28. The van der Waals surface area contributed by atoms with Gasteiger partial charge in [0.1, 0.15) is 36.2 Å². The molecule has 3 aromatic carbocycles. The molecule has 1 saturated heterocycles. The van der Waals surface area contributed by atoms with Crippen LogP contribution in [0.25, 0.3) is 5.69 Å². The van der Waals surface area contributed by atoms with Gasteiger partial charge in [-0.1, -0.05) is 17.7 Å². The highest BCUT2D eigenvalue weighted by atomic mass is 35.5. The van der Waals surface area contributed by atoms with E-state index in [0.29, 0.717) is 21.9 Å². The molecule has 0 saturated carbocycles. The summed E-state index contributed by atoms with van der Waals surface area (Å²) in [6.07, 6.45) is 3.95. The van der Waals surface area contributed by atoms with Gasteiger partial charge in [0.15, 0.2) is 5.11 Å². The minimum absolute atomic E-state index is 0.202. The van der Waals surface area contributed by atoms with Crippen molar-refractivity contribution >= 4 is 40.3 Å². The van der Waals surface area contributed by atoms with Crippen molar-refractivity contribution in [1.29, 1.82) is 0 Å². The summed E-state index contributed by atoms with van der Waals surface area (Å²) in [5, 5.41) is 24.3. The third kappa shape index (κ3) is 6.72. The molecule has 1 fully saturated rings. The first kappa shape index (κ1) is 30.4. The van der Waals surface area contributed by atoms with Crippen molar-refractivity contribution in [2.45, 2.75) is 18.7 Å². The molecule has 1 atom stereocenters. The average molecular weight is 652 g/mol. The zero-order valence-electron chi connectivity index (χ0n) is 23.8. The monoisotopic (exact) mass is 651 g/mol. The molecule has 5 aromatic rings. The Balaban J connectivity index is 1.13. The van der Waals surface area contributed by atoms with Crippen LogP contribution in [0.3, 0.4) is 0 Å². The predicted octanol–water partition coefficient (Wildman–Crippen LogP) is 3.66. The molecule has 2 aromatic heterocycles. The average Bonchev–Trinajstić information content (AvgIpc) is 3.67. The van der Waals surface area contributed by atoms with Crippen molar-refractivity contribution in [3.63, 3.8) is 0 Å². The summed E-state index contributed by atoms with van der Waals surface area (Å²) in [7, 11) is 0. The highest BCUT2D eigenvalue weighted by Gasteiger charge is 2.35. The van der Waals surface area contributed by atoms with Gasteiger partial charge in [-0.25, -0.2) is 32.5 Å². The summed E-state index contributed by atoms with van der Waals surface area (Å²) in [5.74, 6) is -1.75. The molecule has 3 heterocycles. The van der Waals surface area contributed by atoms with Gasteiger partial charge in [-0.15, -0.1) is 0 Å². The van der Waals surface area contributed by atoms with Crippen LogP contribution in [-0.2, 0) is 18.7 Å². The van der Waals surface area contributed by atoms with Gasteiger partial charge in [0.25, 0.3) is 0 Å². The minimum Gasteiger partial charge on any atom is -0.381 e. The summed E-state index contributed by atoms with van der Waals surface area (Å²) in [6.45, 7) is 2.31. The van der Waals surface area contributed by atoms with E-state index in [1.54, 1.807) is 0 Å². The SMILES string of the molecule is O=c1n(-c2ccc(N3CCN(C(=S)Nc4ccc(Cl)cc4)CC3)cc2)cnn1CC(O)(Cn1cncn1)c1ccc(F)cc1F. The summed E-state index contributed by atoms with van der Waals surface area (Å²) in [5.41, 5.74) is -0.306. The molecule has 0 spiro atoms. The third-order valence-electron chi connectivity index (χ3n) is 7.62. The zero-order valence-corrected chi connectivity index (χ0v) is 25.4. The van der Waals surface area contributed by atoms with Crippen LogP contribution in [0.5, 0.6) is 0 Å². The Labute approximate surface area is 266 Å². The lowest BCUT2D eigenvalue weighted by Gasteiger charge is -2.37. The number of benzene rings is 3. The number of nitrogens with one attached hydrogen (secondary N) is 1. The van der Waals surface area contributed by atoms with E-state index in [4.69, 9.17) is 23.8 Å². The Morgan fingerprint density at radius 3 is 2.31 bits per heavy atom. The van der Waals surface area contributed by atoms with Crippen LogP contribution in [0.1, 0.15) is 5.56 Å². The molecule has 0 radical (unpaired) electrons. The van der Waals surface area contributed by atoms with Gasteiger partial charge >= 0.3 is 5.69 Å². The number of thiocarbonyl (C=S) groups is 1. The molecule has 232 valence electrons. The van der Waals surface area contributed by atoms with Gasteiger partial charge in [-0.05, 0) is 66.8 Å². The number of hydrogen-bond acceptors (Lipinski definition) is 7. The van der Waals surface area contributed by atoms with Crippen LogP contribution in [0, 0.1) is 11.6 Å². The standard InChI is InChI=1S/C30H28ClF2N9O2S/c31-21-1-4-23(5-2-21)37-28(45)39-13-11-38(12-14-39)24-6-8-25(9-7-24)41-20-36-42(29(41)43)17-30(44,16-40-19-34-18-35-40)26-10-3-22(32)15-27(26)33/h1-10,15,18-20,44H,11-14,16-17H2,(H,37,45). The first-order valence-corrected chi connectivity index (χ1v) is 14.8. The fourth-order valence-corrected chi connectivity index (χ4v) is 5.69. The van der Waals surface area contributed by atoms with Gasteiger partial charge < -0.3 is 20.2 Å². The molecule has 0 amide bonds. The molecule has 6 rings (SSSR count). The highest BCUT2D eigenvalue weighted by molar-refractivity contribution is 7.80. The van der Waals surface area contributed by atoms with E-state index >= 15 is 0 Å². The number of hydrogen-bond donors (Lipinski definition) is 2. The number of nitrogens with zero attached hydrogens (tertiary/aromatic N) is 8. The maximum atomic E-state index is 14.8. The number of piperazine rings is 1. The van der Waals surface area contributed by atoms with E-state index in [-0.39, 0.29) is 12.1 Å². The first-order chi connectivity index (χ1) is 21.7. The molecule has 0 bridgehead atoms. The molecule has 11 nitrogen and oxygen atoms in total. The summed E-state index contributed by atoms with van der Waals surface area (Å²) < 4.78 is 32.1. The Kier molecular flexibility index (Phi) is 8.61. The second-order valence-corrected chi connectivity index (χ2v) is 11.4. The minimum atomic E-state index is -1.99. The number of anilines is 2. The summed E-state index contributed by atoms with van der Waals surface area (Å²) in [6, 6.07) is 17.7. The Bertz CT molecular complexity index is 1840. The normalized spacial score (nSPS) is 14.8. The van der Waals surface area contributed by atoms with Crippen molar-refractivity contribution in [3.05, 3.63) is 118 Å². The smallest absolute Gasteiger partial charge is 0.350 e. The molecule has 1 aliphatic rings.